The van der Waals surface area contributed by atoms with Crippen molar-refractivity contribution in [3.63, 3.8) is 0 Å². The number of halogens is 3. The second kappa shape index (κ2) is 8.45. The van der Waals surface area contributed by atoms with Crippen LogP contribution in [0.4, 0.5) is 18.9 Å². The normalized spacial score (nSPS) is 14.6. The number of nitrogens with zero attached hydrogens (tertiary/aromatic N) is 1. The van der Waals surface area contributed by atoms with Crippen LogP contribution < -0.4 is 10.1 Å². The molecule has 31 heavy (non-hydrogen) atoms. The molecule has 0 radical (unpaired) electrons. The minimum atomic E-state index is -4.84. The average molecular weight is 432 g/mol. The maximum absolute atomic E-state index is 13.2. The van der Waals surface area contributed by atoms with Gasteiger partial charge >= 0.3 is 6.36 Å². The lowest BCUT2D eigenvalue weighted by atomic mass is 9.97. The van der Waals surface area contributed by atoms with E-state index < -0.39 is 23.9 Å². The van der Waals surface area contributed by atoms with Crippen LogP contribution >= 0.6 is 0 Å². The van der Waals surface area contributed by atoms with Gasteiger partial charge < -0.3 is 10.1 Å². The summed E-state index contributed by atoms with van der Waals surface area (Å²) in [7, 11) is 0. The van der Waals surface area contributed by atoms with Crippen LogP contribution in [0.5, 0.6) is 5.75 Å². The predicted molar refractivity (Wildman–Crippen MR) is 111 cm³/mol. The molecule has 5 nitrogen and oxygen atoms in total. The Bertz CT molecular complexity index is 1060. The third-order valence-corrected chi connectivity index (χ3v) is 4.70. The van der Waals surface area contributed by atoms with Gasteiger partial charge in [0.05, 0.1) is 5.57 Å². The summed E-state index contributed by atoms with van der Waals surface area (Å²) < 4.78 is 41.7. The number of benzene rings is 2. The quantitative estimate of drug-likeness (QED) is 0.649. The van der Waals surface area contributed by atoms with Gasteiger partial charge in [0.2, 0.25) is 0 Å². The van der Waals surface area contributed by atoms with Gasteiger partial charge in [0.1, 0.15) is 11.4 Å². The number of rotatable bonds is 6. The van der Waals surface area contributed by atoms with Gasteiger partial charge in [0.25, 0.3) is 11.8 Å². The lowest BCUT2D eigenvalue weighted by molar-refractivity contribution is -0.274. The Hall–Kier alpha value is -3.29. The molecule has 0 atom stereocenters. The van der Waals surface area contributed by atoms with Crippen molar-refractivity contribution < 1.29 is 27.5 Å². The second-order valence-corrected chi connectivity index (χ2v) is 7.88. The van der Waals surface area contributed by atoms with Gasteiger partial charge in [-0.1, -0.05) is 43.7 Å². The number of anilines is 1. The fourth-order valence-electron chi connectivity index (χ4n) is 3.48. The van der Waals surface area contributed by atoms with Gasteiger partial charge in [0.15, 0.2) is 0 Å². The fraction of sp³-hybridized carbons (Fsp3) is 0.304. The van der Waals surface area contributed by atoms with Crippen molar-refractivity contribution in [3.05, 3.63) is 64.9 Å². The van der Waals surface area contributed by atoms with E-state index in [4.69, 9.17) is 0 Å². The lowest BCUT2D eigenvalue weighted by Crippen LogP contribution is -2.35. The third kappa shape index (κ3) is 5.07. The van der Waals surface area contributed by atoms with E-state index in [0.29, 0.717) is 5.56 Å². The molecule has 164 valence electrons. The summed E-state index contributed by atoms with van der Waals surface area (Å²) in [4.78, 5) is 27.4. The lowest BCUT2D eigenvalue weighted by Gasteiger charge is -2.17. The standard InChI is InChI=1S/C23H23F3N2O3/c1-13(2)12-28-21(29)19(18-9-8-14(3)10-15(18)4)20(22(28)30)27-16-6-5-7-17(11-16)31-23(24,25)26/h5-11,13,27H,12H2,1-4H3. The first-order valence-electron chi connectivity index (χ1n) is 9.77. The van der Waals surface area contributed by atoms with Crippen LogP contribution in [-0.2, 0) is 9.59 Å². The van der Waals surface area contributed by atoms with Crippen molar-refractivity contribution in [2.75, 3.05) is 11.9 Å². The minimum absolute atomic E-state index is 0.0294. The van der Waals surface area contributed by atoms with Crippen molar-refractivity contribution in [2.24, 2.45) is 5.92 Å². The maximum atomic E-state index is 13.2. The van der Waals surface area contributed by atoms with E-state index in [1.165, 1.54) is 12.1 Å². The highest BCUT2D eigenvalue weighted by molar-refractivity contribution is 6.36. The molecule has 3 rings (SSSR count). The van der Waals surface area contributed by atoms with Crippen LogP contribution in [0.15, 0.2) is 48.2 Å². The number of alkyl halides is 3. The highest BCUT2D eigenvalue weighted by Crippen LogP contribution is 2.34. The topological polar surface area (TPSA) is 58.6 Å². The maximum Gasteiger partial charge on any atom is 0.573 e. The Balaban J connectivity index is 2.06. The van der Waals surface area contributed by atoms with Crippen molar-refractivity contribution >= 4 is 23.1 Å². The summed E-state index contributed by atoms with van der Waals surface area (Å²) in [6.45, 7) is 7.77. The number of nitrogens with one attached hydrogen (secondary N) is 1. The van der Waals surface area contributed by atoms with Gasteiger partial charge in [-0.2, -0.15) is 0 Å². The van der Waals surface area contributed by atoms with E-state index in [-0.39, 0.29) is 29.4 Å². The number of imide groups is 1. The number of aryl methyl sites for hydroxylation is 2. The Morgan fingerprint density at radius 1 is 1.03 bits per heavy atom. The molecule has 0 aromatic heterocycles. The van der Waals surface area contributed by atoms with Crippen LogP contribution in [0.25, 0.3) is 5.57 Å². The first-order valence-corrected chi connectivity index (χ1v) is 9.77. The second-order valence-electron chi connectivity index (χ2n) is 7.88. The highest BCUT2D eigenvalue weighted by Gasteiger charge is 2.40. The number of carbonyl (C=O) groups excluding carboxylic acids is 2. The molecule has 0 saturated carbocycles. The molecular formula is C23H23F3N2O3. The molecule has 0 saturated heterocycles. The molecule has 0 fully saturated rings. The monoisotopic (exact) mass is 432 g/mol. The van der Waals surface area contributed by atoms with Gasteiger partial charge in [-0.05, 0) is 43.0 Å². The molecule has 1 aliphatic heterocycles. The summed E-state index contributed by atoms with van der Waals surface area (Å²) >= 11 is 0. The van der Waals surface area contributed by atoms with E-state index >= 15 is 0 Å². The Morgan fingerprint density at radius 3 is 2.35 bits per heavy atom. The average Bonchev–Trinajstić information content (AvgIpc) is 2.85. The number of ether oxygens (including phenoxy) is 1. The summed E-state index contributed by atoms with van der Waals surface area (Å²) in [6, 6.07) is 10.7. The molecule has 0 bridgehead atoms. The van der Waals surface area contributed by atoms with E-state index in [1.807, 2.05) is 39.8 Å². The number of amides is 2. The molecule has 8 heteroatoms. The van der Waals surface area contributed by atoms with Crippen molar-refractivity contribution in [1.29, 1.82) is 0 Å². The molecule has 2 aromatic carbocycles. The zero-order valence-electron chi connectivity index (χ0n) is 17.6. The van der Waals surface area contributed by atoms with E-state index in [1.54, 1.807) is 6.07 Å². The van der Waals surface area contributed by atoms with Crippen LogP contribution in [0, 0.1) is 19.8 Å². The van der Waals surface area contributed by atoms with E-state index in [0.717, 1.165) is 28.2 Å². The van der Waals surface area contributed by atoms with Crippen LogP contribution in [-0.4, -0.2) is 29.6 Å². The first-order chi connectivity index (χ1) is 14.5. The molecule has 1 aliphatic rings. The van der Waals surface area contributed by atoms with Crippen LogP contribution in [0.2, 0.25) is 0 Å². The van der Waals surface area contributed by atoms with E-state index in [9.17, 15) is 22.8 Å². The third-order valence-electron chi connectivity index (χ3n) is 4.70. The molecule has 0 aliphatic carbocycles. The largest absolute Gasteiger partial charge is 0.573 e. The summed E-state index contributed by atoms with van der Waals surface area (Å²) in [5.74, 6) is -1.33. The van der Waals surface area contributed by atoms with Crippen LogP contribution in [0.3, 0.4) is 0 Å². The summed E-state index contributed by atoms with van der Waals surface area (Å²) in [6.07, 6.45) is -4.84. The zero-order valence-corrected chi connectivity index (χ0v) is 17.6. The number of hydrogen-bond acceptors (Lipinski definition) is 4. The van der Waals surface area contributed by atoms with Crippen molar-refractivity contribution in [3.8, 4) is 5.75 Å². The number of carbonyl (C=O) groups is 2. The fourth-order valence-corrected chi connectivity index (χ4v) is 3.48. The van der Waals surface area contributed by atoms with Crippen molar-refractivity contribution in [1.82, 2.24) is 4.90 Å². The zero-order chi connectivity index (χ0) is 22.9. The minimum Gasteiger partial charge on any atom is -0.406 e. The van der Waals surface area contributed by atoms with E-state index in [2.05, 4.69) is 10.1 Å². The van der Waals surface area contributed by atoms with Gasteiger partial charge in [-0.3, -0.25) is 14.5 Å². The molecule has 2 aromatic rings. The smallest absolute Gasteiger partial charge is 0.406 e. The molecule has 1 heterocycles. The van der Waals surface area contributed by atoms with Crippen LogP contribution in [0.1, 0.15) is 30.5 Å². The first kappa shape index (κ1) is 22.4. The van der Waals surface area contributed by atoms with Gasteiger partial charge in [-0.25, -0.2) is 0 Å². The highest BCUT2D eigenvalue weighted by atomic mass is 19.4. The molecular weight excluding hydrogens is 409 g/mol. The SMILES string of the molecule is Cc1ccc(C2=C(Nc3cccc(OC(F)(F)F)c3)C(=O)N(CC(C)C)C2=O)c(C)c1. The molecule has 2 amide bonds. The Morgan fingerprint density at radius 2 is 1.74 bits per heavy atom. The predicted octanol–water partition coefficient (Wildman–Crippen LogP) is 5.05. The summed E-state index contributed by atoms with van der Waals surface area (Å²) in [5.41, 5.74) is 2.85. The molecule has 0 spiro atoms. The Labute approximate surface area is 178 Å². The molecule has 1 N–H and O–H groups in total. The molecule has 0 unspecified atom stereocenters. The van der Waals surface area contributed by atoms with Crippen molar-refractivity contribution in [2.45, 2.75) is 34.1 Å². The van der Waals surface area contributed by atoms with Gasteiger partial charge in [0, 0.05) is 18.3 Å². The Kier molecular flexibility index (Phi) is 6.10. The number of hydrogen-bond donors (Lipinski definition) is 1. The summed E-state index contributed by atoms with van der Waals surface area (Å²) in [5, 5.41) is 2.86. The van der Waals surface area contributed by atoms with Gasteiger partial charge in [-0.15, -0.1) is 13.2 Å².